The van der Waals surface area contributed by atoms with Crippen LogP contribution < -0.4 is 5.32 Å². The van der Waals surface area contributed by atoms with E-state index in [9.17, 15) is 4.39 Å². The molecule has 2 aromatic rings. The highest BCUT2D eigenvalue weighted by Crippen LogP contribution is 2.15. The van der Waals surface area contributed by atoms with Crippen molar-refractivity contribution in [2.75, 3.05) is 13.1 Å². The topological polar surface area (TPSA) is 12.0 Å². The summed E-state index contributed by atoms with van der Waals surface area (Å²) in [5.41, 5.74) is 2.41. The Kier molecular flexibility index (Phi) is 5.75. The molecule has 1 N–H and O–H groups in total. The number of rotatable bonds is 7. The van der Waals surface area contributed by atoms with E-state index in [1.54, 1.807) is 12.1 Å². The van der Waals surface area contributed by atoms with Gasteiger partial charge in [0.2, 0.25) is 0 Å². The average Bonchev–Trinajstić information content (AvgIpc) is 2.46. The summed E-state index contributed by atoms with van der Waals surface area (Å²) < 4.78 is 13.3. The summed E-state index contributed by atoms with van der Waals surface area (Å²) in [4.78, 5) is 0. The minimum absolute atomic E-state index is 0.149. The van der Waals surface area contributed by atoms with Crippen molar-refractivity contribution < 1.29 is 4.39 Å². The van der Waals surface area contributed by atoms with Gasteiger partial charge >= 0.3 is 0 Å². The molecule has 0 amide bonds. The molecule has 2 aromatic carbocycles. The first-order valence-corrected chi connectivity index (χ1v) is 7.27. The normalized spacial score (nSPS) is 12.3. The van der Waals surface area contributed by atoms with Crippen molar-refractivity contribution in [3.05, 3.63) is 71.5 Å². The molecule has 0 spiro atoms. The van der Waals surface area contributed by atoms with E-state index in [2.05, 4.69) is 36.5 Å². The molecule has 2 rings (SSSR count). The first kappa shape index (κ1) is 14.7. The zero-order valence-electron chi connectivity index (χ0n) is 12.0. The lowest BCUT2D eigenvalue weighted by Crippen LogP contribution is -2.25. The molecule has 1 atom stereocenters. The molecule has 0 aliphatic heterocycles. The smallest absolute Gasteiger partial charge is 0.123 e. The SMILES string of the molecule is CCNCC(Cc1ccccc1)Cc1cccc(F)c1. The van der Waals surface area contributed by atoms with Crippen LogP contribution in [-0.4, -0.2) is 13.1 Å². The molecule has 0 radical (unpaired) electrons. The van der Waals surface area contributed by atoms with Crippen LogP contribution in [0.4, 0.5) is 4.39 Å². The summed E-state index contributed by atoms with van der Waals surface area (Å²) >= 11 is 0. The highest BCUT2D eigenvalue weighted by molar-refractivity contribution is 5.19. The van der Waals surface area contributed by atoms with Gasteiger partial charge in [-0.3, -0.25) is 0 Å². The van der Waals surface area contributed by atoms with Crippen LogP contribution in [0.1, 0.15) is 18.1 Å². The maximum atomic E-state index is 13.3. The molecule has 0 aliphatic carbocycles. The van der Waals surface area contributed by atoms with Gasteiger partial charge in [-0.1, -0.05) is 49.4 Å². The van der Waals surface area contributed by atoms with Gasteiger partial charge < -0.3 is 5.32 Å². The molecule has 0 aliphatic rings. The molecule has 1 unspecified atom stereocenters. The van der Waals surface area contributed by atoms with Crippen LogP contribution in [0, 0.1) is 11.7 Å². The van der Waals surface area contributed by atoms with E-state index in [1.807, 2.05) is 12.1 Å². The zero-order valence-corrected chi connectivity index (χ0v) is 12.0. The van der Waals surface area contributed by atoms with Gasteiger partial charge in [-0.05, 0) is 55.1 Å². The fraction of sp³-hybridized carbons (Fsp3) is 0.333. The molecule has 0 heterocycles. The summed E-state index contributed by atoms with van der Waals surface area (Å²) in [5.74, 6) is 0.337. The van der Waals surface area contributed by atoms with Crippen molar-refractivity contribution in [3.8, 4) is 0 Å². The van der Waals surface area contributed by atoms with Gasteiger partial charge in [-0.25, -0.2) is 4.39 Å². The standard InChI is InChI=1S/C18H22FN/c1-2-20-14-17(11-15-7-4-3-5-8-15)12-16-9-6-10-18(19)13-16/h3-10,13,17,20H,2,11-12,14H2,1H3. The van der Waals surface area contributed by atoms with Crippen molar-refractivity contribution in [1.29, 1.82) is 0 Å². The number of nitrogens with one attached hydrogen (secondary N) is 1. The number of hydrogen-bond donors (Lipinski definition) is 1. The van der Waals surface area contributed by atoms with Crippen molar-refractivity contribution in [3.63, 3.8) is 0 Å². The number of halogens is 1. The Bertz CT molecular complexity index is 510. The molecule has 20 heavy (non-hydrogen) atoms. The minimum Gasteiger partial charge on any atom is -0.317 e. The van der Waals surface area contributed by atoms with Crippen LogP contribution >= 0.6 is 0 Å². The van der Waals surface area contributed by atoms with E-state index in [-0.39, 0.29) is 5.82 Å². The Morgan fingerprint density at radius 3 is 2.35 bits per heavy atom. The van der Waals surface area contributed by atoms with Gasteiger partial charge in [0.25, 0.3) is 0 Å². The predicted octanol–water partition coefficient (Wildman–Crippen LogP) is 3.84. The van der Waals surface area contributed by atoms with E-state index < -0.39 is 0 Å². The molecule has 0 saturated carbocycles. The lowest BCUT2D eigenvalue weighted by Gasteiger charge is -2.17. The van der Waals surface area contributed by atoms with Gasteiger partial charge in [0.1, 0.15) is 5.82 Å². The van der Waals surface area contributed by atoms with Crippen molar-refractivity contribution in [2.24, 2.45) is 5.92 Å². The number of benzene rings is 2. The maximum Gasteiger partial charge on any atom is 0.123 e. The fourth-order valence-electron chi connectivity index (χ4n) is 2.51. The zero-order chi connectivity index (χ0) is 14.2. The largest absolute Gasteiger partial charge is 0.317 e. The lowest BCUT2D eigenvalue weighted by molar-refractivity contribution is 0.477. The van der Waals surface area contributed by atoms with E-state index in [4.69, 9.17) is 0 Å². The van der Waals surface area contributed by atoms with Gasteiger partial charge in [-0.15, -0.1) is 0 Å². The Hall–Kier alpha value is -1.67. The summed E-state index contributed by atoms with van der Waals surface area (Å²) in [6.45, 7) is 4.04. The highest BCUT2D eigenvalue weighted by Gasteiger charge is 2.11. The van der Waals surface area contributed by atoms with Gasteiger partial charge in [0.05, 0.1) is 0 Å². The molecule has 2 heteroatoms. The second-order valence-electron chi connectivity index (χ2n) is 5.20. The molecule has 0 aromatic heterocycles. The summed E-state index contributed by atoms with van der Waals surface area (Å²) in [6, 6.07) is 17.4. The molecule has 1 nitrogen and oxygen atoms in total. The average molecular weight is 271 g/mol. The summed E-state index contributed by atoms with van der Waals surface area (Å²) in [5, 5.41) is 3.41. The van der Waals surface area contributed by atoms with E-state index in [1.165, 1.54) is 11.6 Å². The van der Waals surface area contributed by atoms with Crippen molar-refractivity contribution in [1.82, 2.24) is 5.32 Å². The maximum absolute atomic E-state index is 13.3. The predicted molar refractivity (Wildman–Crippen MR) is 82.3 cm³/mol. The third kappa shape index (κ3) is 4.78. The molecule has 106 valence electrons. The molecule has 0 fully saturated rings. The van der Waals surface area contributed by atoms with Crippen LogP contribution in [0.15, 0.2) is 54.6 Å². The van der Waals surface area contributed by atoms with E-state index in [0.717, 1.165) is 31.5 Å². The monoisotopic (exact) mass is 271 g/mol. The van der Waals surface area contributed by atoms with Crippen LogP contribution in [0.25, 0.3) is 0 Å². The first-order valence-electron chi connectivity index (χ1n) is 7.27. The Balaban J connectivity index is 2.03. The second-order valence-corrected chi connectivity index (χ2v) is 5.20. The summed E-state index contributed by atoms with van der Waals surface area (Å²) in [7, 11) is 0. The highest BCUT2D eigenvalue weighted by atomic mass is 19.1. The fourth-order valence-corrected chi connectivity index (χ4v) is 2.51. The van der Waals surface area contributed by atoms with Crippen LogP contribution in [0.3, 0.4) is 0 Å². The van der Waals surface area contributed by atoms with Crippen LogP contribution in [-0.2, 0) is 12.8 Å². The first-order chi connectivity index (χ1) is 9.78. The quantitative estimate of drug-likeness (QED) is 0.807. The Labute approximate surface area is 120 Å². The Morgan fingerprint density at radius 2 is 1.65 bits per heavy atom. The third-order valence-corrected chi connectivity index (χ3v) is 3.46. The van der Waals surface area contributed by atoms with Crippen molar-refractivity contribution in [2.45, 2.75) is 19.8 Å². The van der Waals surface area contributed by atoms with Gasteiger partial charge in [0.15, 0.2) is 0 Å². The second kappa shape index (κ2) is 7.81. The Morgan fingerprint density at radius 1 is 0.950 bits per heavy atom. The molecular formula is C18H22FN. The third-order valence-electron chi connectivity index (χ3n) is 3.46. The van der Waals surface area contributed by atoms with Gasteiger partial charge in [0, 0.05) is 0 Å². The van der Waals surface area contributed by atoms with Gasteiger partial charge in [-0.2, -0.15) is 0 Å². The number of hydrogen-bond acceptors (Lipinski definition) is 1. The lowest BCUT2D eigenvalue weighted by atomic mass is 9.92. The molecular weight excluding hydrogens is 249 g/mol. The van der Waals surface area contributed by atoms with E-state index in [0.29, 0.717) is 5.92 Å². The summed E-state index contributed by atoms with van der Waals surface area (Å²) in [6.07, 6.45) is 1.92. The van der Waals surface area contributed by atoms with Crippen molar-refractivity contribution >= 4 is 0 Å². The molecule has 0 saturated heterocycles. The minimum atomic E-state index is -0.149. The van der Waals surface area contributed by atoms with E-state index >= 15 is 0 Å². The van der Waals surface area contributed by atoms with Crippen LogP contribution in [0.5, 0.6) is 0 Å². The van der Waals surface area contributed by atoms with Crippen LogP contribution in [0.2, 0.25) is 0 Å². The molecule has 0 bridgehead atoms.